The Morgan fingerprint density at radius 3 is 2.52 bits per heavy atom. The monoisotopic (exact) mass is 353 g/mol. The maximum Gasteiger partial charge on any atom is 0.277 e. The highest BCUT2D eigenvalue weighted by Crippen LogP contribution is 2.28. The average Bonchev–Trinajstić information content (AvgIpc) is 3.05. The Kier molecular flexibility index (Phi) is 5.19. The predicted molar refractivity (Wildman–Crippen MR) is 99.6 cm³/mol. The molecule has 1 N–H and O–H groups in total. The van der Waals surface area contributed by atoms with Gasteiger partial charge in [0.2, 0.25) is 11.8 Å². The van der Waals surface area contributed by atoms with E-state index in [2.05, 4.69) is 15.5 Å². The van der Waals surface area contributed by atoms with E-state index in [1.54, 1.807) is 0 Å². The second kappa shape index (κ2) is 7.53. The Morgan fingerprint density at radius 2 is 1.80 bits per heavy atom. The molecule has 1 aromatic heterocycles. The molecule has 5 nitrogen and oxygen atoms in total. The van der Waals surface area contributed by atoms with Crippen molar-refractivity contribution in [1.29, 1.82) is 0 Å². The number of carbonyl (C=O) groups excluding carboxylic acids is 1. The summed E-state index contributed by atoms with van der Waals surface area (Å²) >= 11 is 1.24. The first-order valence-corrected chi connectivity index (χ1v) is 8.84. The van der Waals surface area contributed by atoms with Crippen molar-refractivity contribution >= 4 is 23.4 Å². The Morgan fingerprint density at radius 1 is 1.08 bits per heavy atom. The lowest BCUT2D eigenvalue weighted by Crippen LogP contribution is -2.22. The first-order chi connectivity index (χ1) is 12.0. The number of rotatable bonds is 5. The molecule has 0 fully saturated rings. The van der Waals surface area contributed by atoms with E-state index in [-0.39, 0.29) is 11.2 Å². The zero-order valence-electron chi connectivity index (χ0n) is 14.3. The van der Waals surface area contributed by atoms with E-state index in [1.807, 2.05) is 69.3 Å². The third kappa shape index (κ3) is 4.28. The van der Waals surface area contributed by atoms with Crippen molar-refractivity contribution in [3.8, 4) is 11.5 Å². The second-order valence-electron chi connectivity index (χ2n) is 5.80. The lowest BCUT2D eigenvalue weighted by molar-refractivity contribution is -0.115. The molecule has 0 saturated carbocycles. The van der Waals surface area contributed by atoms with Gasteiger partial charge < -0.3 is 9.73 Å². The number of hydrogen-bond acceptors (Lipinski definition) is 5. The van der Waals surface area contributed by atoms with E-state index < -0.39 is 0 Å². The van der Waals surface area contributed by atoms with E-state index in [9.17, 15) is 4.79 Å². The van der Waals surface area contributed by atoms with Crippen LogP contribution in [-0.2, 0) is 4.79 Å². The number of benzene rings is 2. The number of nitrogens with zero attached hydrogens (tertiary/aromatic N) is 2. The van der Waals surface area contributed by atoms with Gasteiger partial charge in [-0.2, -0.15) is 0 Å². The minimum absolute atomic E-state index is 0.107. The third-order valence-corrected chi connectivity index (χ3v) is 4.68. The summed E-state index contributed by atoms with van der Waals surface area (Å²) in [6.07, 6.45) is 0. The normalized spacial score (nSPS) is 12.0. The molecule has 128 valence electrons. The van der Waals surface area contributed by atoms with Crippen molar-refractivity contribution < 1.29 is 9.21 Å². The van der Waals surface area contributed by atoms with Crippen LogP contribution in [0.4, 0.5) is 5.69 Å². The molecule has 1 heterocycles. The minimum Gasteiger partial charge on any atom is -0.411 e. The van der Waals surface area contributed by atoms with Crippen LogP contribution in [0.15, 0.2) is 58.2 Å². The van der Waals surface area contributed by atoms with E-state index in [0.717, 1.165) is 22.4 Å². The molecule has 3 rings (SSSR count). The molecule has 25 heavy (non-hydrogen) atoms. The molecule has 0 radical (unpaired) electrons. The minimum atomic E-state index is -0.355. The lowest BCUT2D eigenvalue weighted by Gasteiger charge is -2.10. The van der Waals surface area contributed by atoms with Gasteiger partial charge in [0.1, 0.15) is 0 Å². The number of amides is 1. The quantitative estimate of drug-likeness (QED) is 0.685. The van der Waals surface area contributed by atoms with Gasteiger partial charge in [-0.15, -0.1) is 10.2 Å². The first-order valence-electron chi connectivity index (χ1n) is 7.96. The van der Waals surface area contributed by atoms with Crippen LogP contribution in [0.5, 0.6) is 0 Å². The maximum atomic E-state index is 12.3. The van der Waals surface area contributed by atoms with Gasteiger partial charge >= 0.3 is 0 Å². The van der Waals surface area contributed by atoms with Crippen molar-refractivity contribution in [1.82, 2.24) is 10.2 Å². The number of anilines is 1. The molecular weight excluding hydrogens is 334 g/mol. The zero-order chi connectivity index (χ0) is 17.8. The molecule has 0 aliphatic heterocycles. The number of aromatic nitrogens is 2. The van der Waals surface area contributed by atoms with Gasteiger partial charge in [0, 0.05) is 11.3 Å². The summed E-state index contributed by atoms with van der Waals surface area (Å²) < 4.78 is 5.70. The van der Waals surface area contributed by atoms with Crippen LogP contribution < -0.4 is 5.32 Å². The molecule has 1 atom stereocenters. The highest BCUT2D eigenvalue weighted by molar-refractivity contribution is 8.00. The molecular formula is C19H19N3O2S. The van der Waals surface area contributed by atoms with Crippen molar-refractivity contribution in [3.63, 3.8) is 0 Å². The predicted octanol–water partition coefficient (Wildman–Crippen LogP) is 4.47. The van der Waals surface area contributed by atoms with Gasteiger partial charge in [0.15, 0.2) is 0 Å². The van der Waals surface area contributed by atoms with E-state index in [0.29, 0.717) is 11.1 Å². The van der Waals surface area contributed by atoms with Crippen LogP contribution in [0, 0.1) is 13.8 Å². The van der Waals surface area contributed by atoms with Crippen LogP contribution in [0.3, 0.4) is 0 Å². The summed E-state index contributed by atoms with van der Waals surface area (Å²) in [7, 11) is 0. The summed E-state index contributed by atoms with van der Waals surface area (Å²) in [6.45, 7) is 5.81. The zero-order valence-corrected chi connectivity index (χ0v) is 15.1. The van der Waals surface area contributed by atoms with Gasteiger partial charge in [-0.25, -0.2) is 0 Å². The Bertz CT molecular complexity index is 874. The number of aryl methyl sites for hydroxylation is 2. The number of nitrogens with one attached hydrogen (secondary N) is 1. The van der Waals surface area contributed by atoms with Crippen LogP contribution in [-0.4, -0.2) is 21.4 Å². The van der Waals surface area contributed by atoms with E-state index in [1.165, 1.54) is 11.8 Å². The van der Waals surface area contributed by atoms with E-state index >= 15 is 0 Å². The first kappa shape index (κ1) is 17.2. The topological polar surface area (TPSA) is 68.0 Å². The highest BCUT2D eigenvalue weighted by atomic mass is 32.2. The molecule has 0 saturated heterocycles. The molecule has 0 spiro atoms. The van der Waals surface area contributed by atoms with Gasteiger partial charge in [0.25, 0.3) is 5.22 Å². The average molecular weight is 353 g/mol. The number of hydrogen-bond donors (Lipinski definition) is 1. The third-order valence-electron chi connectivity index (χ3n) is 3.75. The summed E-state index contributed by atoms with van der Waals surface area (Å²) in [5.74, 6) is 0.358. The van der Waals surface area contributed by atoms with Crippen molar-refractivity contribution in [2.75, 3.05) is 5.32 Å². The number of thioether (sulfide) groups is 1. The molecule has 0 aliphatic carbocycles. The Balaban J connectivity index is 1.65. The largest absolute Gasteiger partial charge is 0.411 e. The fourth-order valence-corrected chi connectivity index (χ4v) is 2.95. The molecule has 0 unspecified atom stereocenters. The molecule has 0 aliphatic rings. The summed E-state index contributed by atoms with van der Waals surface area (Å²) in [4.78, 5) is 12.3. The van der Waals surface area contributed by atoms with Gasteiger partial charge in [-0.3, -0.25) is 4.79 Å². The van der Waals surface area contributed by atoms with Crippen LogP contribution in [0.25, 0.3) is 11.5 Å². The smallest absolute Gasteiger partial charge is 0.277 e. The van der Waals surface area contributed by atoms with Gasteiger partial charge in [-0.1, -0.05) is 47.7 Å². The van der Waals surface area contributed by atoms with Crippen molar-refractivity contribution in [3.05, 3.63) is 59.7 Å². The molecule has 1 amide bonds. The van der Waals surface area contributed by atoms with Crippen LogP contribution >= 0.6 is 11.8 Å². The molecule has 0 bridgehead atoms. The van der Waals surface area contributed by atoms with Gasteiger partial charge in [0.05, 0.1) is 5.25 Å². The van der Waals surface area contributed by atoms with Crippen molar-refractivity contribution in [2.24, 2.45) is 0 Å². The lowest BCUT2D eigenvalue weighted by atomic mass is 10.1. The summed E-state index contributed by atoms with van der Waals surface area (Å²) in [6, 6.07) is 15.5. The molecule has 3 aromatic rings. The van der Waals surface area contributed by atoms with Gasteiger partial charge in [-0.05, 0) is 44.5 Å². The van der Waals surface area contributed by atoms with Crippen LogP contribution in [0.2, 0.25) is 0 Å². The Hall–Kier alpha value is -2.60. The fourth-order valence-electron chi connectivity index (χ4n) is 2.26. The number of carbonyl (C=O) groups is 1. The molecule has 6 heteroatoms. The fraction of sp³-hybridized carbons (Fsp3) is 0.211. The van der Waals surface area contributed by atoms with Crippen LogP contribution in [0.1, 0.15) is 18.1 Å². The SMILES string of the molecule is Cc1ccc(NC(=O)[C@H](C)Sc2nnc(-c3ccccc3C)o2)cc1. The summed E-state index contributed by atoms with van der Waals surface area (Å²) in [5.41, 5.74) is 3.88. The Labute approximate surface area is 150 Å². The summed E-state index contributed by atoms with van der Waals surface area (Å²) in [5, 5.41) is 11.0. The molecule has 2 aromatic carbocycles. The highest BCUT2D eigenvalue weighted by Gasteiger charge is 2.19. The van der Waals surface area contributed by atoms with E-state index in [4.69, 9.17) is 4.42 Å². The standard InChI is InChI=1S/C19H19N3O2S/c1-12-8-10-15(11-9-12)20-17(23)14(3)25-19-22-21-18(24-19)16-7-5-4-6-13(16)2/h4-11,14H,1-3H3,(H,20,23)/t14-/m0/s1. The maximum absolute atomic E-state index is 12.3. The second-order valence-corrected chi connectivity index (χ2v) is 7.10. The van der Waals surface area contributed by atoms with Crippen molar-refractivity contribution in [2.45, 2.75) is 31.2 Å².